The Kier molecular flexibility index (Phi) is 4.23. The predicted molar refractivity (Wildman–Crippen MR) is 69.7 cm³/mol. The van der Waals surface area contributed by atoms with E-state index in [2.05, 4.69) is 16.9 Å². The highest BCUT2D eigenvalue weighted by molar-refractivity contribution is 5.51. The lowest BCUT2D eigenvalue weighted by atomic mass is 9.85. The maximum absolute atomic E-state index is 5.93. The van der Waals surface area contributed by atoms with E-state index in [9.17, 15) is 0 Å². The van der Waals surface area contributed by atoms with Crippen molar-refractivity contribution in [1.29, 1.82) is 0 Å². The summed E-state index contributed by atoms with van der Waals surface area (Å²) in [6, 6.07) is 0. The third-order valence-corrected chi connectivity index (χ3v) is 3.59. The smallest absolute Gasteiger partial charge is 0.262 e. The van der Waals surface area contributed by atoms with Crippen molar-refractivity contribution in [1.82, 2.24) is 9.97 Å². The first kappa shape index (κ1) is 12.9. The summed E-state index contributed by atoms with van der Waals surface area (Å²) in [6.45, 7) is 2.23. The minimum absolute atomic E-state index is 0.215. The summed E-state index contributed by atoms with van der Waals surface area (Å²) >= 11 is 0. The summed E-state index contributed by atoms with van der Waals surface area (Å²) < 4.78 is 11.1. The molecule has 1 aliphatic carbocycles. The third-order valence-electron chi connectivity index (χ3n) is 3.59. The molecule has 0 aliphatic heterocycles. The van der Waals surface area contributed by atoms with Crippen molar-refractivity contribution in [3.8, 4) is 11.6 Å². The number of aromatic nitrogens is 2. The number of nitrogen functional groups attached to an aromatic ring is 1. The summed E-state index contributed by atoms with van der Waals surface area (Å²) in [5.41, 5.74) is 5.73. The second-order valence-corrected chi connectivity index (χ2v) is 4.78. The van der Waals surface area contributed by atoms with Crippen molar-refractivity contribution in [2.45, 2.75) is 45.1 Å². The third kappa shape index (κ3) is 2.83. The van der Waals surface area contributed by atoms with Gasteiger partial charge in [0.05, 0.1) is 7.11 Å². The molecule has 0 amide bonds. The lowest BCUT2D eigenvalue weighted by Crippen LogP contribution is -2.25. The SMILES string of the molecule is CCC1CCCC(Oc2ncnc(N)c2OC)C1. The lowest BCUT2D eigenvalue weighted by Gasteiger charge is -2.28. The number of methoxy groups -OCH3 is 1. The summed E-state index contributed by atoms with van der Waals surface area (Å²) in [5, 5.41) is 0. The molecule has 1 saturated carbocycles. The van der Waals surface area contributed by atoms with Gasteiger partial charge in [-0.3, -0.25) is 0 Å². The van der Waals surface area contributed by atoms with Gasteiger partial charge in [0.2, 0.25) is 5.75 Å². The molecular formula is C13H21N3O2. The molecule has 2 rings (SSSR count). The van der Waals surface area contributed by atoms with Crippen LogP contribution in [-0.2, 0) is 0 Å². The highest BCUT2D eigenvalue weighted by atomic mass is 16.5. The largest absolute Gasteiger partial charge is 0.489 e. The van der Waals surface area contributed by atoms with Gasteiger partial charge in [-0.25, -0.2) is 4.98 Å². The molecule has 1 aromatic rings. The Balaban J connectivity index is 2.07. The van der Waals surface area contributed by atoms with Crippen LogP contribution in [0.1, 0.15) is 39.0 Å². The van der Waals surface area contributed by atoms with E-state index >= 15 is 0 Å². The molecule has 2 N–H and O–H groups in total. The van der Waals surface area contributed by atoms with E-state index in [-0.39, 0.29) is 6.10 Å². The average Bonchev–Trinajstić information content (AvgIpc) is 2.39. The van der Waals surface area contributed by atoms with Gasteiger partial charge < -0.3 is 15.2 Å². The number of rotatable bonds is 4. The van der Waals surface area contributed by atoms with Crippen molar-refractivity contribution >= 4 is 5.82 Å². The maximum Gasteiger partial charge on any atom is 0.262 e. The van der Waals surface area contributed by atoms with Crippen LogP contribution < -0.4 is 15.2 Å². The Morgan fingerprint density at radius 3 is 2.94 bits per heavy atom. The molecule has 100 valence electrons. The van der Waals surface area contributed by atoms with Gasteiger partial charge in [0.1, 0.15) is 12.4 Å². The van der Waals surface area contributed by atoms with Crippen molar-refractivity contribution in [3.63, 3.8) is 0 Å². The molecule has 0 spiro atoms. The van der Waals surface area contributed by atoms with Crippen molar-refractivity contribution in [2.75, 3.05) is 12.8 Å². The van der Waals surface area contributed by atoms with E-state index in [1.54, 1.807) is 7.11 Å². The summed E-state index contributed by atoms with van der Waals surface area (Å²) in [7, 11) is 1.55. The zero-order chi connectivity index (χ0) is 13.0. The number of ether oxygens (including phenoxy) is 2. The molecule has 2 atom stereocenters. The van der Waals surface area contributed by atoms with Gasteiger partial charge >= 0.3 is 0 Å². The van der Waals surface area contributed by atoms with Gasteiger partial charge in [-0.05, 0) is 25.2 Å². The number of hydrogen-bond acceptors (Lipinski definition) is 5. The molecule has 5 heteroatoms. The van der Waals surface area contributed by atoms with Crippen LogP contribution >= 0.6 is 0 Å². The molecular weight excluding hydrogens is 230 g/mol. The topological polar surface area (TPSA) is 70.3 Å². The van der Waals surface area contributed by atoms with Crippen LogP contribution in [0.5, 0.6) is 11.6 Å². The molecule has 0 bridgehead atoms. The van der Waals surface area contributed by atoms with Crippen LogP contribution in [0.15, 0.2) is 6.33 Å². The molecule has 1 aliphatic rings. The van der Waals surface area contributed by atoms with Crippen LogP contribution in [0.3, 0.4) is 0 Å². The fourth-order valence-corrected chi connectivity index (χ4v) is 2.52. The quantitative estimate of drug-likeness (QED) is 0.889. The molecule has 0 saturated heterocycles. The highest BCUT2D eigenvalue weighted by Crippen LogP contribution is 2.34. The zero-order valence-electron chi connectivity index (χ0n) is 11.1. The molecule has 1 aromatic heterocycles. The summed E-state index contributed by atoms with van der Waals surface area (Å²) in [5.74, 6) is 1.99. The summed E-state index contributed by atoms with van der Waals surface area (Å²) in [6.07, 6.45) is 7.52. The van der Waals surface area contributed by atoms with Crippen molar-refractivity contribution < 1.29 is 9.47 Å². The van der Waals surface area contributed by atoms with Crippen LogP contribution in [-0.4, -0.2) is 23.2 Å². The monoisotopic (exact) mass is 251 g/mol. The number of nitrogens with two attached hydrogens (primary N) is 1. The molecule has 1 heterocycles. The number of anilines is 1. The Labute approximate surface area is 108 Å². The second-order valence-electron chi connectivity index (χ2n) is 4.78. The van der Waals surface area contributed by atoms with E-state index in [1.807, 2.05) is 0 Å². The molecule has 0 aromatic carbocycles. The Hall–Kier alpha value is -1.52. The van der Waals surface area contributed by atoms with Gasteiger partial charge in [-0.2, -0.15) is 4.98 Å². The van der Waals surface area contributed by atoms with Crippen LogP contribution in [0, 0.1) is 5.92 Å². The Morgan fingerprint density at radius 1 is 1.39 bits per heavy atom. The highest BCUT2D eigenvalue weighted by Gasteiger charge is 2.24. The minimum atomic E-state index is 0.215. The van der Waals surface area contributed by atoms with E-state index < -0.39 is 0 Å². The normalized spacial score (nSPS) is 23.7. The predicted octanol–water partition coefficient (Wildman–Crippen LogP) is 2.42. The first-order valence-corrected chi connectivity index (χ1v) is 6.55. The average molecular weight is 251 g/mol. The maximum atomic E-state index is 5.93. The van der Waals surface area contributed by atoms with Crippen LogP contribution in [0.2, 0.25) is 0 Å². The van der Waals surface area contributed by atoms with Gasteiger partial charge in [-0.1, -0.05) is 19.8 Å². The molecule has 5 nitrogen and oxygen atoms in total. The van der Waals surface area contributed by atoms with E-state index in [4.69, 9.17) is 15.2 Å². The molecule has 18 heavy (non-hydrogen) atoms. The fourth-order valence-electron chi connectivity index (χ4n) is 2.52. The zero-order valence-corrected chi connectivity index (χ0v) is 11.1. The minimum Gasteiger partial charge on any atom is -0.489 e. The first-order chi connectivity index (χ1) is 8.74. The van der Waals surface area contributed by atoms with Gasteiger partial charge in [0.25, 0.3) is 5.88 Å². The number of nitrogens with zero attached hydrogens (tertiary/aromatic N) is 2. The van der Waals surface area contributed by atoms with Gasteiger partial charge in [0, 0.05) is 0 Å². The number of hydrogen-bond donors (Lipinski definition) is 1. The van der Waals surface area contributed by atoms with Crippen LogP contribution in [0.4, 0.5) is 5.82 Å². The van der Waals surface area contributed by atoms with Gasteiger partial charge in [0.15, 0.2) is 5.82 Å². The second kappa shape index (κ2) is 5.89. The van der Waals surface area contributed by atoms with E-state index in [1.165, 1.54) is 25.6 Å². The fraction of sp³-hybridized carbons (Fsp3) is 0.692. The van der Waals surface area contributed by atoms with Crippen molar-refractivity contribution in [3.05, 3.63) is 6.33 Å². The van der Waals surface area contributed by atoms with E-state index in [0.29, 0.717) is 17.4 Å². The van der Waals surface area contributed by atoms with E-state index in [0.717, 1.165) is 18.8 Å². The Bertz CT molecular complexity index is 398. The Morgan fingerprint density at radius 2 is 2.22 bits per heavy atom. The lowest BCUT2D eigenvalue weighted by molar-refractivity contribution is 0.113. The summed E-state index contributed by atoms with van der Waals surface area (Å²) in [4.78, 5) is 8.01. The molecule has 0 radical (unpaired) electrons. The van der Waals surface area contributed by atoms with Gasteiger partial charge in [-0.15, -0.1) is 0 Å². The van der Waals surface area contributed by atoms with Crippen molar-refractivity contribution in [2.24, 2.45) is 5.92 Å². The first-order valence-electron chi connectivity index (χ1n) is 6.55. The van der Waals surface area contributed by atoms with Crippen LogP contribution in [0.25, 0.3) is 0 Å². The molecule has 1 fully saturated rings. The molecule has 2 unspecified atom stereocenters. The standard InChI is InChI=1S/C13H21N3O2/c1-3-9-5-4-6-10(7-9)18-13-11(17-2)12(14)15-8-16-13/h8-10H,3-7H2,1-2H3,(H2,14,15,16).